The van der Waals surface area contributed by atoms with Crippen molar-refractivity contribution in [3.8, 4) is 11.3 Å². The van der Waals surface area contributed by atoms with E-state index >= 15 is 0 Å². The van der Waals surface area contributed by atoms with Crippen LogP contribution in [0, 0.1) is 6.92 Å². The zero-order valence-corrected chi connectivity index (χ0v) is 18.9. The first-order chi connectivity index (χ1) is 16.4. The molecule has 0 fully saturated rings. The molecule has 170 valence electrons. The molecule has 0 aliphatic rings. The maximum atomic E-state index is 13.5. The quantitative estimate of drug-likeness (QED) is 0.425. The Labute approximate surface area is 196 Å². The highest BCUT2D eigenvalue weighted by Crippen LogP contribution is 2.27. The van der Waals surface area contributed by atoms with Crippen LogP contribution in [-0.4, -0.2) is 37.0 Å². The molecule has 0 radical (unpaired) electrons. The van der Waals surface area contributed by atoms with E-state index in [1.54, 1.807) is 6.07 Å². The number of nitrogens with one attached hydrogen (secondary N) is 1. The first-order valence-electron chi connectivity index (χ1n) is 10.5. The summed E-state index contributed by atoms with van der Waals surface area (Å²) in [5.41, 5.74) is 4.06. The highest BCUT2D eigenvalue weighted by atomic mass is 16.5. The lowest BCUT2D eigenvalue weighted by molar-refractivity contribution is 0.0587. The number of methoxy groups -OCH3 is 2. The maximum Gasteiger partial charge on any atom is 0.339 e. The van der Waals surface area contributed by atoms with Crippen LogP contribution in [0.15, 0.2) is 72.8 Å². The molecule has 0 atom stereocenters. The fraction of sp³-hybridized carbons (Fsp3) is 0.111. The number of hydrogen-bond donors (Lipinski definition) is 1. The molecule has 0 aliphatic heterocycles. The molecule has 0 saturated heterocycles. The van der Waals surface area contributed by atoms with Crippen molar-refractivity contribution in [1.29, 1.82) is 0 Å². The molecule has 34 heavy (non-hydrogen) atoms. The molecule has 3 aromatic carbocycles. The lowest BCUT2D eigenvalue weighted by Gasteiger charge is -2.14. The minimum absolute atomic E-state index is 0.112. The topological polar surface area (TPSA) is 94.6 Å². The number of para-hydroxylation sites is 1. The van der Waals surface area contributed by atoms with Crippen molar-refractivity contribution in [2.75, 3.05) is 19.5 Å². The van der Waals surface area contributed by atoms with E-state index in [1.807, 2.05) is 55.5 Å². The molecule has 0 spiro atoms. The fourth-order valence-electron chi connectivity index (χ4n) is 3.69. The summed E-state index contributed by atoms with van der Waals surface area (Å²) >= 11 is 0. The number of esters is 2. The van der Waals surface area contributed by atoms with Crippen molar-refractivity contribution in [3.63, 3.8) is 0 Å². The lowest BCUT2D eigenvalue weighted by Crippen LogP contribution is -2.17. The second-order valence-corrected chi connectivity index (χ2v) is 7.64. The van der Waals surface area contributed by atoms with Crippen molar-refractivity contribution < 1.29 is 23.9 Å². The van der Waals surface area contributed by atoms with Gasteiger partial charge in [-0.1, -0.05) is 42.0 Å². The Bertz CT molecular complexity index is 1430. The molecule has 7 heteroatoms. The van der Waals surface area contributed by atoms with Gasteiger partial charge in [-0.15, -0.1) is 0 Å². The molecule has 7 nitrogen and oxygen atoms in total. The van der Waals surface area contributed by atoms with Crippen LogP contribution in [0.5, 0.6) is 0 Å². The Kier molecular flexibility index (Phi) is 6.36. The van der Waals surface area contributed by atoms with Crippen LogP contribution in [0.1, 0.15) is 36.6 Å². The third-order valence-electron chi connectivity index (χ3n) is 5.37. The van der Waals surface area contributed by atoms with Gasteiger partial charge in [0.2, 0.25) is 0 Å². The van der Waals surface area contributed by atoms with Gasteiger partial charge in [0.1, 0.15) is 0 Å². The highest BCUT2D eigenvalue weighted by Gasteiger charge is 2.20. The number of pyridine rings is 1. The molecule has 1 amide bonds. The molecular formula is C27H22N2O5. The summed E-state index contributed by atoms with van der Waals surface area (Å²) in [6.07, 6.45) is 0. The second-order valence-electron chi connectivity index (χ2n) is 7.64. The van der Waals surface area contributed by atoms with Gasteiger partial charge in [0.25, 0.3) is 5.91 Å². The Morgan fingerprint density at radius 1 is 0.794 bits per heavy atom. The fourth-order valence-corrected chi connectivity index (χ4v) is 3.69. The van der Waals surface area contributed by atoms with Crippen LogP contribution in [0.25, 0.3) is 22.2 Å². The number of aryl methyl sites for hydroxylation is 1. The lowest BCUT2D eigenvalue weighted by atomic mass is 10.0. The summed E-state index contributed by atoms with van der Waals surface area (Å²) in [5.74, 6) is -1.70. The van der Waals surface area contributed by atoms with E-state index in [1.165, 1.54) is 32.4 Å². The number of ether oxygens (including phenoxy) is 2. The van der Waals surface area contributed by atoms with Crippen molar-refractivity contribution in [2.24, 2.45) is 0 Å². The maximum absolute atomic E-state index is 13.5. The Morgan fingerprint density at radius 3 is 2.29 bits per heavy atom. The smallest absolute Gasteiger partial charge is 0.339 e. The van der Waals surface area contributed by atoms with E-state index in [4.69, 9.17) is 14.5 Å². The number of carbonyl (C=O) groups is 3. The third-order valence-corrected chi connectivity index (χ3v) is 5.37. The summed E-state index contributed by atoms with van der Waals surface area (Å²) in [6.45, 7) is 1.99. The van der Waals surface area contributed by atoms with Gasteiger partial charge in [-0.2, -0.15) is 0 Å². The average Bonchev–Trinajstić information content (AvgIpc) is 2.87. The van der Waals surface area contributed by atoms with Crippen LogP contribution in [0.3, 0.4) is 0 Å². The van der Waals surface area contributed by atoms with E-state index in [0.29, 0.717) is 22.2 Å². The van der Waals surface area contributed by atoms with Crippen LogP contribution in [0.2, 0.25) is 0 Å². The Balaban J connectivity index is 1.82. The largest absolute Gasteiger partial charge is 0.465 e. The van der Waals surface area contributed by atoms with Gasteiger partial charge in [-0.05, 0) is 43.3 Å². The average molecular weight is 454 g/mol. The molecule has 4 aromatic rings. The van der Waals surface area contributed by atoms with Crippen LogP contribution >= 0.6 is 0 Å². The van der Waals surface area contributed by atoms with E-state index in [9.17, 15) is 14.4 Å². The van der Waals surface area contributed by atoms with Crippen molar-refractivity contribution in [1.82, 2.24) is 4.98 Å². The molecule has 0 aliphatic carbocycles. The van der Waals surface area contributed by atoms with Crippen LogP contribution < -0.4 is 5.32 Å². The molecule has 0 bridgehead atoms. The van der Waals surface area contributed by atoms with E-state index < -0.39 is 17.8 Å². The zero-order chi connectivity index (χ0) is 24.2. The first kappa shape index (κ1) is 22.7. The number of amides is 1. The minimum Gasteiger partial charge on any atom is -0.465 e. The van der Waals surface area contributed by atoms with Gasteiger partial charge in [-0.25, -0.2) is 14.6 Å². The minimum atomic E-state index is -0.647. The number of carbonyl (C=O) groups excluding carboxylic acids is 3. The first-order valence-corrected chi connectivity index (χ1v) is 10.5. The Morgan fingerprint density at radius 2 is 1.56 bits per heavy atom. The number of anilines is 1. The number of hydrogen-bond acceptors (Lipinski definition) is 6. The molecule has 1 aromatic heterocycles. The molecule has 1 N–H and O–H groups in total. The number of fused-ring (bicyclic) bond motifs is 1. The highest BCUT2D eigenvalue weighted by molar-refractivity contribution is 6.15. The van der Waals surface area contributed by atoms with Gasteiger partial charge in [0, 0.05) is 10.9 Å². The summed E-state index contributed by atoms with van der Waals surface area (Å²) < 4.78 is 9.60. The molecule has 1 heterocycles. The molecular weight excluding hydrogens is 432 g/mol. The van der Waals surface area contributed by atoms with Crippen LogP contribution in [0.4, 0.5) is 5.69 Å². The van der Waals surface area contributed by atoms with Gasteiger partial charge in [0.05, 0.1) is 47.8 Å². The predicted molar refractivity (Wildman–Crippen MR) is 129 cm³/mol. The second kappa shape index (κ2) is 9.54. The summed E-state index contributed by atoms with van der Waals surface area (Å²) in [6, 6.07) is 21.1. The molecule has 0 unspecified atom stereocenters. The van der Waals surface area contributed by atoms with E-state index in [2.05, 4.69) is 5.32 Å². The predicted octanol–water partition coefficient (Wildman–Crippen LogP) is 5.04. The van der Waals surface area contributed by atoms with Gasteiger partial charge in [0.15, 0.2) is 0 Å². The SMILES string of the molecule is COC(=O)c1ccc(C(=O)OC)c(NC(=O)c2cc(-c3cccc(C)c3)nc3ccccc23)c1. The normalized spacial score (nSPS) is 10.6. The monoisotopic (exact) mass is 454 g/mol. The van der Waals surface area contributed by atoms with Gasteiger partial charge in [-0.3, -0.25) is 4.79 Å². The zero-order valence-electron chi connectivity index (χ0n) is 18.9. The van der Waals surface area contributed by atoms with Gasteiger partial charge < -0.3 is 14.8 Å². The van der Waals surface area contributed by atoms with Gasteiger partial charge >= 0.3 is 11.9 Å². The number of rotatable bonds is 5. The summed E-state index contributed by atoms with van der Waals surface area (Å²) in [7, 11) is 2.50. The van der Waals surface area contributed by atoms with Crippen molar-refractivity contribution >= 4 is 34.4 Å². The van der Waals surface area contributed by atoms with Crippen molar-refractivity contribution in [3.05, 3.63) is 95.1 Å². The Hall–Kier alpha value is -4.52. The number of aromatic nitrogens is 1. The number of nitrogens with zero attached hydrogens (tertiary/aromatic N) is 1. The third kappa shape index (κ3) is 4.49. The summed E-state index contributed by atoms with van der Waals surface area (Å²) in [5, 5.41) is 3.42. The number of benzene rings is 3. The standard InChI is InChI=1S/C27H22N2O5/c1-16-7-6-8-17(13-16)23-15-21(19-9-4-5-10-22(19)28-23)25(30)29-24-14-18(26(31)33-2)11-12-20(24)27(32)34-3/h4-15H,1-3H3,(H,29,30). The van der Waals surface area contributed by atoms with E-state index in [-0.39, 0.29) is 16.8 Å². The van der Waals surface area contributed by atoms with Crippen LogP contribution in [-0.2, 0) is 9.47 Å². The molecule has 4 rings (SSSR count). The van der Waals surface area contributed by atoms with E-state index in [0.717, 1.165) is 11.1 Å². The molecule has 0 saturated carbocycles. The summed E-state index contributed by atoms with van der Waals surface area (Å²) in [4.78, 5) is 42.5. The van der Waals surface area contributed by atoms with Crippen molar-refractivity contribution in [2.45, 2.75) is 6.92 Å².